The maximum atomic E-state index is 12.0. The van der Waals surface area contributed by atoms with Crippen LogP contribution in [0, 0.1) is 17.2 Å². The number of carbonyl (C=O) groups excluding carboxylic acids is 1. The summed E-state index contributed by atoms with van der Waals surface area (Å²) in [6.07, 6.45) is 3.84. The molecule has 2 heterocycles. The first-order valence-corrected chi connectivity index (χ1v) is 7.31. The van der Waals surface area contributed by atoms with Gasteiger partial charge in [-0.15, -0.1) is 0 Å². The zero-order valence-corrected chi connectivity index (χ0v) is 12.4. The summed E-state index contributed by atoms with van der Waals surface area (Å²) in [7, 11) is 1.72. The van der Waals surface area contributed by atoms with Crippen LogP contribution in [0.4, 0.5) is 0 Å². The lowest BCUT2D eigenvalue weighted by molar-refractivity contribution is 0.0909. The number of hydrogen-bond acceptors (Lipinski definition) is 4. The number of likely N-dealkylation sites (tertiary alicyclic amines) is 1. The van der Waals surface area contributed by atoms with Crippen molar-refractivity contribution in [3.8, 4) is 6.07 Å². The van der Waals surface area contributed by atoms with Gasteiger partial charge in [-0.25, -0.2) is 0 Å². The third-order valence-electron chi connectivity index (χ3n) is 3.82. The van der Waals surface area contributed by atoms with E-state index in [0.717, 1.165) is 39.1 Å². The van der Waals surface area contributed by atoms with Crippen molar-refractivity contribution in [2.45, 2.75) is 12.8 Å². The van der Waals surface area contributed by atoms with Gasteiger partial charge in [-0.3, -0.25) is 4.79 Å². The largest absolute Gasteiger partial charge is 0.383 e. The molecule has 0 radical (unpaired) electrons. The van der Waals surface area contributed by atoms with Crippen LogP contribution < -0.4 is 5.32 Å². The highest BCUT2D eigenvalue weighted by atomic mass is 16.5. The summed E-state index contributed by atoms with van der Waals surface area (Å²) in [5.41, 5.74) is 0.919. The summed E-state index contributed by atoms with van der Waals surface area (Å²) in [4.78, 5) is 17.2. The van der Waals surface area contributed by atoms with Crippen molar-refractivity contribution >= 4 is 5.91 Å². The van der Waals surface area contributed by atoms with E-state index in [2.05, 4.69) is 15.2 Å². The molecule has 1 saturated heterocycles. The minimum atomic E-state index is -0.148. The average molecular weight is 290 g/mol. The second-order valence-electron chi connectivity index (χ2n) is 5.43. The van der Waals surface area contributed by atoms with E-state index in [1.54, 1.807) is 19.4 Å². The number of hydrogen-bond donors (Lipinski definition) is 2. The van der Waals surface area contributed by atoms with Crippen molar-refractivity contribution < 1.29 is 9.53 Å². The first-order valence-electron chi connectivity index (χ1n) is 7.31. The Morgan fingerprint density at radius 2 is 2.52 bits per heavy atom. The SMILES string of the molecule is COCCN1CCCC(CNC(=O)c2cc(C#N)c[nH]2)C1. The summed E-state index contributed by atoms with van der Waals surface area (Å²) in [6.45, 7) is 4.47. The molecule has 6 heteroatoms. The third-order valence-corrected chi connectivity index (χ3v) is 3.82. The summed E-state index contributed by atoms with van der Waals surface area (Å²) in [6, 6.07) is 3.57. The van der Waals surface area contributed by atoms with E-state index in [4.69, 9.17) is 10.00 Å². The second kappa shape index (κ2) is 7.81. The van der Waals surface area contributed by atoms with E-state index in [1.807, 2.05) is 6.07 Å². The fourth-order valence-corrected chi connectivity index (χ4v) is 2.66. The lowest BCUT2D eigenvalue weighted by Crippen LogP contribution is -2.42. The van der Waals surface area contributed by atoms with Crippen LogP contribution in [0.5, 0.6) is 0 Å². The molecule has 21 heavy (non-hydrogen) atoms. The molecule has 1 aromatic rings. The highest BCUT2D eigenvalue weighted by molar-refractivity contribution is 5.92. The molecule has 1 unspecified atom stereocenters. The van der Waals surface area contributed by atoms with Crippen LogP contribution in [0.15, 0.2) is 12.3 Å². The first kappa shape index (κ1) is 15.5. The van der Waals surface area contributed by atoms with Gasteiger partial charge in [0, 0.05) is 32.9 Å². The molecular formula is C15H22N4O2. The number of piperidine rings is 1. The van der Waals surface area contributed by atoms with Crippen LogP contribution in [0.3, 0.4) is 0 Å². The molecule has 1 atom stereocenters. The topological polar surface area (TPSA) is 81.2 Å². The van der Waals surface area contributed by atoms with Crippen molar-refractivity contribution in [3.05, 3.63) is 23.5 Å². The second-order valence-corrected chi connectivity index (χ2v) is 5.43. The Balaban J connectivity index is 1.77. The molecule has 0 aromatic carbocycles. The molecule has 0 saturated carbocycles. The van der Waals surface area contributed by atoms with Crippen LogP contribution >= 0.6 is 0 Å². The molecule has 2 rings (SSSR count). The molecular weight excluding hydrogens is 268 g/mol. The number of rotatable bonds is 6. The first-order chi connectivity index (χ1) is 10.2. The number of methoxy groups -OCH3 is 1. The Morgan fingerprint density at radius 1 is 1.67 bits per heavy atom. The quantitative estimate of drug-likeness (QED) is 0.818. The van der Waals surface area contributed by atoms with Crippen LogP contribution in [-0.2, 0) is 4.74 Å². The molecule has 1 aromatic heterocycles. The molecule has 2 N–H and O–H groups in total. The standard InChI is InChI=1S/C15H22N4O2/c1-21-6-5-19-4-2-3-12(11-19)9-18-15(20)14-7-13(8-16)10-17-14/h7,10,12,17H,2-6,9,11H2,1H3,(H,18,20). The molecule has 1 aliphatic rings. The Hall–Kier alpha value is -1.84. The lowest BCUT2D eigenvalue weighted by atomic mass is 9.98. The Kier molecular flexibility index (Phi) is 5.78. The summed E-state index contributed by atoms with van der Waals surface area (Å²) >= 11 is 0. The van der Waals surface area contributed by atoms with Crippen molar-refractivity contribution in [1.82, 2.24) is 15.2 Å². The fourth-order valence-electron chi connectivity index (χ4n) is 2.66. The predicted molar refractivity (Wildman–Crippen MR) is 78.9 cm³/mol. The highest BCUT2D eigenvalue weighted by Gasteiger charge is 2.20. The van der Waals surface area contributed by atoms with E-state index in [9.17, 15) is 4.79 Å². The number of H-pyrrole nitrogens is 1. The number of carbonyl (C=O) groups is 1. The van der Waals surface area contributed by atoms with Crippen LogP contribution in [-0.4, -0.2) is 55.7 Å². The van der Waals surface area contributed by atoms with Gasteiger partial charge in [0.25, 0.3) is 5.91 Å². The monoisotopic (exact) mass is 290 g/mol. The zero-order valence-electron chi connectivity index (χ0n) is 12.4. The maximum absolute atomic E-state index is 12.0. The molecule has 1 fully saturated rings. The van der Waals surface area contributed by atoms with Crippen LogP contribution in [0.1, 0.15) is 28.9 Å². The summed E-state index contributed by atoms with van der Waals surface area (Å²) in [5.74, 6) is 0.329. The van der Waals surface area contributed by atoms with E-state index in [0.29, 0.717) is 23.7 Å². The van der Waals surface area contributed by atoms with E-state index >= 15 is 0 Å². The molecule has 0 aliphatic carbocycles. The van der Waals surface area contributed by atoms with Crippen molar-refractivity contribution in [3.63, 3.8) is 0 Å². The number of nitriles is 1. The van der Waals surface area contributed by atoms with Gasteiger partial charge < -0.3 is 19.9 Å². The zero-order chi connectivity index (χ0) is 15.1. The molecule has 114 valence electrons. The van der Waals surface area contributed by atoms with E-state index in [-0.39, 0.29) is 5.91 Å². The average Bonchev–Trinajstić information content (AvgIpc) is 3.00. The summed E-state index contributed by atoms with van der Waals surface area (Å²) in [5, 5.41) is 11.7. The Morgan fingerprint density at radius 3 is 3.24 bits per heavy atom. The number of amides is 1. The number of ether oxygens (including phenoxy) is 1. The normalized spacial score (nSPS) is 19.1. The van der Waals surface area contributed by atoms with Crippen LogP contribution in [0.25, 0.3) is 0 Å². The number of aromatic amines is 1. The van der Waals surface area contributed by atoms with Gasteiger partial charge in [-0.05, 0) is 31.4 Å². The van der Waals surface area contributed by atoms with Gasteiger partial charge >= 0.3 is 0 Å². The van der Waals surface area contributed by atoms with Gasteiger partial charge in [-0.1, -0.05) is 0 Å². The summed E-state index contributed by atoms with van der Waals surface area (Å²) < 4.78 is 5.11. The Bertz CT molecular complexity index is 506. The van der Waals surface area contributed by atoms with Gasteiger partial charge in [-0.2, -0.15) is 5.26 Å². The minimum absolute atomic E-state index is 0.148. The maximum Gasteiger partial charge on any atom is 0.267 e. The van der Waals surface area contributed by atoms with Gasteiger partial charge in [0.2, 0.25) is 0 Å². The van der Waals surface area contributed by atoms with Crippen molar-refractivity contribution in [2.75, 3.05) is 39.9 Å². The molecule has 1 aliphatic heterocycles. The molecule has 0 bridgehead atoms. The number of nitrogens with one attached hydrogen (secondary N) is 2. The van der Waals surface area contributed by atoms with Gasteiger partial charge in [0.15, 0.2) is 0 Å². The van der Waals surface area contributed by atoms with Gasteiger partial charge in [0.1, 0.15) is 11.8 Å². The van der Waals surface area contributed by atoms with E-state index < -0.39 is 0 Å². The lowest BCUT2D eigenvalue weighted by Gasteiger charge is -2.32. The van der Waals surface area contributed by atoms with Gasteiger partial charge in [0.05, 0.1) is 12.2 Å². The van der Waals surface area contributed by atoms with Crippen molar-refractivity contribution in [1.29, 1.82) is 5.26 Å². The Labute approximate surface area is 125 Å². The van der Waals surface area contributed by atoms with Crippen molar-refractivity contribution in [2.24, 2.45) is 5.92 Å². The molecule has 0 spiro atoms. The number of nitrogens with zero attached hydrogens (tertiary/aromatic N) is 2. The van der Waals surface area contributed by atoms with E-state index in [1.165, 1.54) is 0 Å². The number of aromatic nitrogens is 1. The smallest absolute Gasteiger partial charge is 0.267 e. The highest BCUT2D eigenvalue weighted by Crippen LogP contribution is 2.15. The minimum Gasteiger partial charge on any atom is -0.383 e. The molecule has 1 amide bonds. The third kappa shape index (κ3) is 4.59. The fraction of sp³-hybridized carbons (Fsp3) is 0.600. The van der Waals surface area contributed by atoms with Crippen LogP contribution in [0.2, 0.25) is 0 Å². The predicted octanol–water partition coefficient (Wildman–Crippen LogP) is 0.975. The molecule has 6 nitrogen and oxygen atoms in total.